The summed E-state index contributed by atoms with van der Waals surface area (Å²) in [5.41, 5.74) is 1.48. The summed E-state index contributed by atoms with van der Waals surface area (Å²) in [6.07, 6.45) is 12.4. The molecule has 0 aromatic heterocycles. The normalized spacial score (nSPS) is 15.7. The van der Waals surface area contributed by atoms with Crippen molar-refractivity contribution in [3.63, 3.8) is 0 Å². The van der Waals surface area contributed by atoms with Gasteiger partial charge in [-0.2, -0.15) is 0 Å². The molecule has 0 saturated carbocycles. The fraction of sp³-hybridized carbons (Fsp3) is 0.636. The number of rotatable bonds is 7. The summed E-state index contributed by atoms with van der Waals surface area (Å²) >= 11 is 0. The second kappa shape index (κ2) is 6.26. The van der Waals surface area contributed by atoms with E-state index in [9.17, 15) is 4.57 Å². The summed E-state index contributed by atoms with van der Waals surface area (Å²) in [7, 11) is -3.76. The fourth-order valence-corrected chi connectivity index (χ4v) is 2.34. The lowest BCUT2D eigenvalue weighted by Crippen LogP contribution is -1.88. The van der Waals surface area contributed by atoms with Crippen LogP contribution >= 0.6 is 7.60 Å². The Bertz CT molecular complexity index is 288. The Morgan fingerprint density at radius 3 is 2.53 bits per heavy atom. The van der Waals surface area contributed by atoms with Crippen LogP contribution in [0, 0.1) is 0 Å². The molecule has 0 fully saturated rings. The first-order chi connectivity index (χ1) is 7.08. The molecule has 4 heteroatoms. The Balaban J connectivity index is 1.91. The molecule has 0 radical (unpaired) electrons. The van der Waals surface area contributed by atoms with Gasteiger partial charge in [0.2, 0.25) is 0 Å². The quantitative estimate of drug-likeness (QED) is 0.522. The molecule has 0 atom stereocenters. The molecule has 15 heavy (non-hydrogen) atoms. The third-order valence-corrected chi connectivity index (χ3v) is 3.44. The molecule has 3 nitrogen and oxygen atoms in total. The Labute approximate surface area is 91.1 Å². The molecule has 86 valence electrons. The van der Waals surface area contributed by atoms with Crippen LogP contribution in [0.3, 0.4) is 0 Å². The van der Waals surface area contributed by atoms with Crippen molar-refractivity contribution in [2.24, 2.45) is 0 Å². The van der Waals surface area contributed by atoms with E-state index in [0.717, 1.165) is 32.1 Å². The summed E-state index contributed by atoms with van der Waals surface area (Å²) in [4.78, 5) is 17.3. The van der Waals surface area contributed by atoms with Gasteiger partial charge in [0.25, 0.3) is 0 Å². The van der Waals surface area contributed by atoms with Crippen LogP contribution < -0.4 is 0 Å². The van der Waals surface area contributed by atoms with Crippen LogP contribution in [0.25, 0.3) is 0 Å². The molecule has 2 N–H and O–H groups in total. The van der Waals surface area contributed by atoms with Crippen LogP contribution in [-0.4, -0.2) is 15.9 Å². The molecule has 1 aliphatic rings. The minimum Gasteiger partial charge on any atom is -0.324 e. The van der Waals surface area contributed by atoms with Crippen LogP contribution in [0.1, 0.15) is 38.5 Å². The van der Waals surface area contributed by atoms with Gasteiger partial charge in [0.05, 0.1) is 0 Å². The highest BCUT2D eigenvalue weighted by atomic mass is 31.2. The molecule has 0 unspecified atom stereocenters. The van der Waals surface area contributed by atoms with E-state index in [2.05, 4.69) is 18.2 Å². The van der Waals surface area contributed by atoms with E-state index >= 15 is 0 Å². The predicted molar refractivity (Wildman–Crippen MR) is 61.8 cm³/mol. The van der Waals surface area contributed by atoms with Gasteiger partial charge in [-0.25, -0.2) is 0 Å². The van der Waals surface area contributed by atoms with E-state index in [0.29, 0.717) is 6.42 Å². The zero-order chi connectivity index (χ0) is 11.1. The van der Waals surface area contributed by atoms with Gasteiger partial charge in [-0.3, -0.25) is 4.57 Å². The van der Waals surface area contributed by atoms with Crippen molar-refractivity contribution in [3.8, 4) is 0 Å². The van der Waals surface area contributed by atoms with Gasteiger partial charge in [0.15, 0.2) is 0 Å². The molecule has 0 amide bonds. The van der Waals surface area contributed by atoms with E-state index in [4.69, 9.17) is 9.79 Å². The van der Waals surface area contributed by atoms with Crippen LogP contribution in [0.5, 0.6) is 0 Å². The Morgan fingerprint density at radius 2 is 1.93 bits per heavy atom. The summed E-state index contributed by atoms with van der Waals surface area (Å²) in [6.45, 7) is 0. The van der Waals surface area contributed by atoms with E-state index in [1.54, 1.807) is 0 Å². The molecular weight excluding hydrogens is 211 g/mol. The lowest BCUT2D eigenvalue weighted by molar-refractivity contribution is 0.370. The second-order valence-corrected chi connectivity index (χ2v) is 5.79. The van der Waals surface area contributed by atoms with Crippen molar-refractivity contribution < 1.29 is 14.4 Å². The van der Waals surface area contributed by atoms with Crippen molar-refractivity contribution in [1.82, 2.24) is 0 Å². The van der Waals surface area contributed by atoms with Crippen molar-refractivity contribution in [1.29, 1.82) is 0 Å². The monoisotopic (exact) mass is 230 g/mol. The average molecular weight is 230 g/mol. The van der Waals surface area contributed by atoms with Gasteiger partial charge in [-0.1, -0.05) is 36.6 Å². The third-order valence-electron chi connectivity index (χ3n) is 2.55. The lowest BCUT2D eigenvalue weighted by Gasteiger charge is -2.04. The number of allylic oxidation sites excluding steroid dienone is 4. The van der Waals surface area contributed by atoms with Crippen LogP contribution in [0.2, 0.25) is 0 Å². The van der Waals surface area contributed by atoms with Crippen molar-refractivity contribution in [2.45, 2.75) is 38.5 Å². The molecule has 0 aliphatic heterocycles. The zero-order valence-corrected chi connectivity index (χ0v) is 9.83. The van der Waals surface area contributed by atoms with Crippen LogP contribution in [-0.2, 0) is 4.57 Å². The van der Waals surface area contributed by atoms with Gasteiger partial charge in [0.1, 0.15) is 0 Å². The smallest absolute Gasteiger partial charge is 0.324 e. The summed E-state index contributed by atoms with van der Waals surface area (Å²) in [5.74, 6) is 0. The van der Waals surface area contributed by atoms with Gasteiger partial charge in [-0.15, -0.1) is 0 Å². The fourth-order valence-electron chi connectivity index (χ4n) is 1.70. The first kappa shape index (κ1) is 12.7. The SMILES string of the molecule is O=P(O)(O)CCCCCCC1=CC=CC1. The Morgan fingerprint density at radius 1 is 1.20 bits per heavy atom. The van der Waals surface area contributed by atoms with E-state index in [1.165, 1.54) is 5.57 Å². The molecule has 0 aromatic rings. The topological polar surface area (TPSA) is 57.5 Å². The van der Waals surface area contributed by atoms with Crippen molar-refractivity contribution in [3.05, 3.63) is 23.8 Å². The first-order valence-electron chi connectivity index (χ1n) is 5.47. The van der Waals surface area contributed by atoms with Crippen molar-refractivity contribution >= 4 is 7.60 Å². The average Bonchev–Trinajstić information content (AvgIpc) is 2.61. The third kappa shape index (κ3) is 6.67. The van der Waals surface area contributed by atoms with Crippen molar-refractivity contribution in [2.75, 3.05) is 6.16 Å². The molecular formula is C11H19O3P. The second-order valence-electron chi connectivity index (χ2n) is 4.01. The number of hydrogen-bond acceptors (Lipinski definition) is 1. The molecule has 0 saturated heterocycles. The molecule has 0 spiro atoms. The lowest BCUT2D eigenvalue weighted by atomic mass is 10.1. The van der Waals surface area contributed by atoms with Gasteiger partial charge < -0.3 is 9.79 Å². The minimum absolute atomic E-state index is 0.0389. The molecule has 0 heterocycles. The summed E-state index contributed by atoms with van der Waals surface area (Å²) in [6, 6.07) is 0. The zero-order valence-electron chi connectivity index (χ0n) is 8.93. The molecule has 1 rings (SSSR count). The minimum atomic E-state index is -3.76. The summed E-state index contributed by atoms with van der Waals surface area (Å²) < 4.78 is 10.6. The predicted octanol–water partition coefficient (Wildman–Crippen LogP) is 3.00. The largest absolute Gasteiger partial charge is 0.325 e. The summed E-state index contributed by atoms with van der Waals surface area (Å²) in [5, 5.41) is 0. The van der Waals surface area contributed by atoms with E-state index < -0.39 is 7.60 Å². The standard InChI is InChI=1S/C11H19O3P/c12-15(13,14)10-6-2-1-3-7-11-8-4-5-9-11/h4-5,8H,1-3,6-7,9-10H2,(H2,12,13,14). The highest BCUT2D eigenvalue weighted by Gasteiger charge is 2.10. The number of unbranched alkanes of at least 4 members (excludes halogenated alkanes) is 3. The van der Waals surface area contributed by atoms with Gasteiger partial charge >= 0.3 is 7.60 Å². The molecule has 1 aliphatic carbocycles. The maximum Gasteiger partial charge on any atom is 0.325 e. The highest BCUT2D eigenvalue weighted by molar-refractivity contribution is 7.51. The first-order valence-corrected chi connectivity index (χ1v) is 7.27. The van der Waals surface area contributed by atoms with Crippen LogP contribution in [0.4, 0.5) is 0 Å². The Hall–Kier alpha value is -0.370. The van der Waals surface area contributed by atoms with Crippen LogP contribution in [0.15, 0.2) is 23.8 Å². The molecule has 0 bridgehead atoms. The molecule has 0 aromatic carbocycles. The number of hydrogen-bond donors (Lipinski definition) is 2. The van der Waals surface area contributed by atoms with Gasteiger partial charge in [-0.05, 0) is 25.7 Å². The van der Waals surface area contributed by atoms with E-state index in [-0.39, 0.29) is 6.16 Å². The maximum absolute atomic E-state index is 10.6. The van der Waals surface area contributed by atoms with Gasteiger partial charge in [0, 0.05) is 6.16 Å². The highest BCUT2D eigenvalue weighted by Crippen LogP contribution is 2.35. The Kier molecular flexibility index (Phi) is 5.30. The van der Waals surface area contributed by atoms with E-state index in [1.807, 2.05) is 0 Å². The maximum atomic E-state index is 10.6.